The number of carbonyl (C=O) groups excluding carboxylic acids is 2. The molecule has 2 atom stereocenters. The Labute approximate surface area is 146 Å². The highest BCUT2D eigenvalue weighted by molar-refractivity contribution is 6.01. The van der Waals surface area contributed by atoms with Gasteiger partial charge in [0.15, 0.2) is 0 Å². The Morgan fingerprint density at radius 2 is 2.23 bits per heavy atom. The first kappa shape index (κ1) is 18.0. The van der Waals surface area contributed by atoms with Gasteiger partial charge in [-0.25, -0.2) is 22.8 Å². The number of hydrogen-bond donors (Lipinski definition) is 1. The van der Waals surface area contributed by atoms with Crippen LogP contribution in [0.25, 0.3) is 0 Å². The lowest BCUT2D eigenvalue weighted by Crippen LogP contribution is -2.32. The molecule has 3 rings (SSSR count). The number of halogens is 3. The Morgan fingerprint density at radius 1 is 1.50 bits per heavy atom. The number of aromatic nitrogens is 1. The second-order valence-electron chi connectivity index (χ2n) is 5.78. The van der Waals surface area contributed by atoms with E-state index in [2.05, 4.69) is 10.3 Å². The van der Waals surface area contributed by atoms with E-state index in [0.717, 1.165) is 26.4 Å². The molecule has 0 unspecified atom stereocenters. The number of cyclic esters (lactones) is 1. The molecule has 1 N–H and O–H groups in total. The first-order valence-electron chi connectivity index (χ1n) is 7.72. The summed E-state index contributed by atoms with van der Waals surface area (Å²) in [5.74, 6) is -3.88. The molecule has 9 heteroatoms. The Balaban J connectivity index is 2.31. The summed E-state index contributed by atoms with van der Waals surface area (Å²) in [5.41, 5.74) is -0.598. The lowest BCUT2D eigenvalue weighted by Gasteiger charge is -2.29. The van der Waals surface area contributed by atoms with Gasteiger partial charge in [0.2, 0.25) is 0 Å². The minimum Gasteiger partial charge on any atom is -0.466 e. The SMILES string of the molecule is COC(=O)C1=C(CF)NC2=C(C(=O)OC2)[C@@H]1c1cncc(F)c1[C@@H](C)F. The van der Waals surface area contributed by atoms with Crippen LogP contribution < -0.4 is 5.32 Å². The van der Waals surface area contributed by atoms with Gasteiger partial charge in [0, 0.05) is 11.8 Å². The maximum absolute atomic E-state index is 14.2. The number of hydrogen-bond acceptors (Lipinski definition) is 6. The predicted molar refractivity (Wildman–Crippen MR) is 82.6 cm³/mol. The fourth-order valence-corrected chi connectivity index (χ4v) is 3.26. The van der Waals surface area contributed by atoms with Gasteiger partial charge >= 0.3 is 11.9 Å². The van der Waals surface area contributed by atoms with Gasteiger partial charge in [-0.05, 0) is 12.5 Å². The van der Waals surface area contributed by atoms with E-state index < -0.39 is 36.5 Å². The van der Waals surface area contributed by atoms with Crippen LogP contribution in [0.5, 0.6) is 0 Å². The molecule has 0 fully saturated rings. The lowest BCUT2D eigenvalue weighted by atomic mass is 9.79. The van der Waals surface area contributed by atoms with Crippen LogP contribution >= 0.6 is 0 Å². The molecule has 0 bridgehead atoms. The first-order chi connectivity index (χ1) is 12.4. The van der Waals surface area contributed by atoms with Crippen LogP contribution in [0.15, 0.2) is 34.9 Å². The molecular weight excluding hydrogens is 353 g/mol. The third-order valence-corrected chi connectivity index (χ3v) is 4.31. The summed E-state index contributed by atoms with van der Waals surface area (Å²) in [5, 5.41) is 2.65. The summed E-state index contributed by atoms with van der Waals surface area (Å²) in [4.78, 5) is 28.2. The van der Waals surface area contributed by atoms with Crippen molar-refractivity contribution in [2.75, 3.05) is 20.4 Å². The number of allylic oxidation sites excluding steroid dienone is 1. The molecule has 0 radical (unpaired) electrons. The normalized spacial score (nSPS) is 20.5. The van der Waals surface area contributed by atoms with Gasteiger partial charge in [-0.15, -0.1) is 0 Å². The third-order valence-electron chi connectivity index (χ3n) is 4.31. The number of dihydropyridines is 1. The van der Waals surface area contributed by atoms with Crippen LogP contribution in [0, 0.1) is 5.82 Å². The maximum atomic E-state index is 14.2. The van der Waals surface area contributed by atoms with Crippen LogP contribution in [0.3, 0.4) is 0 Å². The molecule has 0 aliphatic carbocycles. The minimum atomic E-state index is -1.75. The zero-order valence-corrected chi connectivity index (χ0v) is 13.9. The van der Waals surface area contributed by atoms with Crippen molar-refractivity contribution in [3.8, 4) is 0 Å². The van der Waals surface area contributed by atoms with Gasteiger partial charge in [0.25, 0.3) is 0 Å². The molecule has 0 amide bonds. The number of ether oxygens (including phenoxy) is 2. The van der Waals surface area contributed by atoms with Crippen molar-refractivity contribution in [1.29, 1.82) is 0 Å². The van der Waals surface area contributed by atoms with Crippen molar-refractivity contribution < 1.29 is 32.2 Å². The van der Waals surface area contributed by atoms with Crippen LogP contribution in [0.1, 0.15) is 30.1 Å². The standard InChI is InChI=1S/C17H15F3N2O4/c1-7(19)12-8(4-21-5-9(12)20)13-14(16(23)25-2)10(3-18)22-11-6-26-17(24)15(11)13/h4-5,7,13,22H,3,6H2,1-2H3/t7-,13-/m1/s1. The number of nitrogens with one attached hydrogen (secondary N) is 1. The second-order valence-corrected chi connectivity index (χ2v) is 5.78. The van der Waals surface area contributed by atoms with E-state index in [1.165, 1.54) is 0 Å². The summed E-state index contributed by atoms with van der Waals surface area (Å²) >= 11 is 0. The Kier molecular flexibility index (Phi) is 4.71. The number of methoxy groups -OCH3 is 1. The van der Waals surface area contributed by atoms with Crippen LogP contribution in [-0.4, -0.2) is 37.3 Å². The molecule has 2 aliphatic heterocycles. The Morgan fingerprint density at radius 3 is 2.85 bits per heavy atom. The minimum absolute atomic E-state index is 0.0168. The average Bonchev–Trinajstić information content (AvgIpc) is 2.99. The van der Waals surface area contributed by atoms with Gasteiger partial charge in [0.1, 0.15) is 25.3 Å². The Bertz CT molecular complexity index is 848. The van der Waals surface area contributed by atoms with Crippen molar-refractivity contribution in [1.82, 2.24) is 10.3 Å². The summed E-state index contributed by atoms with van der Waals surface area (Å²) in [7, 11) is 1.08. The molecule has 26 heavy (non-hydrogen) atoms. The predicted octanol–water partition coefficient (Wildman–Crippen LogP) is 2.15. The molecule has 0 saturated heterocycles. The van der Waals surface area contributed by atoms with Crippen molar-refractivity contribution in [2.45, 2.75) is 19.0 Å². The highest BCUT2D eigenvalue weighted by Gasteiger charge is 2.44. The van der Waals surface area contributed by atoms with E-state index in [9.17, 15) is 22.8 Å². The van der Waals surface area contributed by atoms with E-state index in [4.69, 9.17) is 9.47 Å². The molecule has 138 valence electrons. The van der Waals surface area contributed by atoms with E-state index in [-0.39, 0.29) is 40.3 Å². The summed E-state index contributed by atoms with van der Waals surface area (Å²) < 4.78 is 51.6. The quantitative estimate of drug-likeness (QED) is 0.821. The Hall–Kier alpha value is -2.84. The van der Waals surface area contributed by atoms with Crippen molar-refractivity contribution in [3.63, 3.8) is 0 Å². The molecule has 6 nitrogen and oxygen atoms in total. The fourth-order valence-electron chi connectivity index (χ4n) is 3.26. The molecule has 0 spiro atoms. The number of carbonyl (C=O) groups is 2. The molecule has 2 aliphatic rings. The zero-order chi connectivity index (χ0) is 19.0. The molecule has 1 aromatic rings. The van der Waals surface area contributed by atoms with E-state index in [0.29, 0.717) is 0 Å². The largest absolute Gasteiger partial charge is 0.466 e. The molecular formula is C17H15F3N2O4. The summed E-state index contributed by atoms with van der Waals surface area (Å²) in [6.07, 6.45) is 0.229. The lowest BCUT2D eigenvalue weighted by molar-refractivity contribution is -0.136. The zero-order valence-electron chi connectivity index (χ0n) is 13.9. The molecule has 0 saturated carbocycles. The van der Waals surface area contributed by atoms with Gasteiger partial charge in [-0.2, -0.15) is 0 Å². The number of esters is 2. The average molecular weight is 368 g/mol. The van der Waals surface area contributed by atoms with Gasteiger partial charge < -0.3 is 14.8 Å². The molecule has 0 aromatic carbocycles. The highest BCUT2D eigenvalue weighted by atomic mass is 19.1. The van der Waals surface area contributed by atoms with Crippen LogP contribution in [-0.2, 0) is 19.1 Å². The van der Waals surface area contributed by atoms with E-state index in [1.54, 1.807) is 0 Å². The fraction of sp³-hybridized carbons (Fsp3) is 0.353. The van der Waals surface area contributed by atoms with Crippen molar-refractivity contribution in [2.24, 2.45) is 0 Å². The third kappa shape index (κ3) is 2.73. The maximum Gasteiger partial charge on any atom is 0.337 e. The van der Waals surface area contributed by atoms with Crippen LogP contribution in [0.2, 0.25) is 0 Å². The van der Waals surface area contributed by atoms with Crippen molar-refractivity contribution >= 4 is 11.9 Å². The second kappa shape index (κ2) is 6.81. The highest BCUT2D eigenvalue weighted by Crippen LogP contribution is 2.44. The number of alkyl halides is 2. The van der Waals surface area contributed by atoms with Gasteiger partial charge in [0.05, 0.1) is 41.8 Å². The van der Waals surface area contributed by atoms with E-state index in [1.807, 2.05) is 0 Å². The summed E-state index contributed by atoms with van der Waals surface area (Å²) in [6, 6.07) is 0. The van der Waals surface area contributed by atoms with Crippen LogP contribution in [0.4, 0.5) is 13.2 Å². The topological polar surface area (TPSA) is 77.5 Å². The first-order valence-corrected chi connectivity index (χ1v) is 7.72. The monoisotopic (exact) mass is 368 g/mol. The number of pyridine rings is 1. The number of nitrogens with zero attached hydrogens (tertiary/aromatic N) is 1. The summed E-state index contributed by atoms with van der Waals surface area (Å²) in [6.45, 7) is -0.121. The van der Waals surface area contributed by atoms with Gasteiger partial charge in [-0.3, -0.25) is 4.98 Å². The smallest absolute Gasteiger partial charge is 0.337 e. The van der Waals surface area contributed by atoms with E-state index >= 15 is 0 Å². The molecule has 3 heterocycles. The molecule has 1 aromatic heterocycles. The van der Waals surface area contributed by atoms with Crippen molar-refractivity contribution in [3.05, 3.63) is 51.9 Å². The van der Waals surface area contributed by atoms with Gasteiger partial charge in [-0.1, -0.05) is 0 Å². The number of rotatable bonds is 4.